The van der Waals surface area contributed by atoms with Crippen LogP contribution >= 0.6 is 31.9 Å². The second-order valence-corrected chi connectivity index (χ2v) is 8.81. The van der Waals surface area contributed by atoms with E-state index < -0.39 is 17.7 Å². The highest BCUT2D eigenvalue weighted by Gasteiger charge is 2.28. The van der Waals surface area contributed by atoms with E-state index >= 15 is 0 Å². The molecule has 7 heteroatoms. The normalized spacial score (nSPS) is 11.5. The lowest BCUT2D eigenvalue weighted by atomic mass is 10.0. The van der Waals surface area contributed by atoms with E-state index in [1.807, 2.05) is 45.0 Å². The number of ether oxygens (including phenoxy) is 2. The van der Waals surface area contributed by atoms with E-state index in [0.717, 1.165) is 10.9 Å². The number of halogens is 2. The van der Waals surface area contributed by atoms with Gasteiger partial charge in [0.05, 0.1) is 28.4 Å². The summed E-state index contributed by atoms with van der Waals surface area (Å²) in [6.07, 6.45) is -0.519. The van der Waals surface area contributed by atoms with Crippen LogP contribution in [0.15, 0.2) is 46.9 Å². The van der Waals surface area contributed by atoms with Crippen molar-refractivity contribution in [2.24, 2.45) is 0 Å². The Labute approximate surface area is 186 Å². The maximum absolute atomic E-state index is 13.2. The number of hydrogen-bond donors (Lipinski definition) is 0. The molecule has 0 amide bonds. The van der Waals surface area contributed by atoms with E-state index in [1.165, 1.54) is 11.7 Å². The van der Waals surface area contributed by atoms with Gasteiger partial charge < -0.3 is 9.47 Å². The zero-order valence-electron chi connectivity index (χ0n) is 16.6. The van der Waals surface area contributed by atoms with Gasteiger partial charge >= 0.3 is 12.1 Å². The number of methoxy groups -OCH3 is 1. The van der Waals surface area contributed by atoms with E-state index in [4.69, 9.17) is 9.47 Å². The van der Waals surface area contributed by atoms with Gasteiger partial charge in [-0.05, 0) is 54.4 Å². The standard InChI is InChI=1S/C22H21Br2NO4/c1-22(2,3)29-21(27)25-16-11-7-8-13(12-23)17(16)18(24)19(25)14-9-5-6-10-15(14)20(26)28-4/h5-11H,12H2,1-4H3. The zero-order chi connectivity index (χ0) is 21.3. The van der Waals surface area contributed by atoms with Crippen molar-refractivity contribution in [3.8, 4) is 11.3 Å². The van der Waals surface area contributed by atoms with Crippen molar-refractivity contribution in [3.05, 3.63) is 58.1 Å². The lowest BCUT2D eigenvalue weighted by Crippen LogP contribution is -2.27. The Morgan fingerprint density at radius 1 is 1.07 bits per heavy atom. The van der Waals surface area contributed by atoms with Gasteiger partial charge in [0.25, 0.3) is 0 Å². The van der Waals surface area contributed by atoms with E-state index in [1.54, 1.807) is 18.2 Å². The molecule has 2 aromatic carbocycles. The molecule has 0 aliphatic rings. The molecule has 0 bridgehead atoms. The minimum Gasteiger partial charge on any atom is -0.465 e. The molecule has 3 aromatic rings. The van der Waals surface area contributed by atoms with Crippen LogP contribution in [0.1, 0.15) is 36.7 Å². The second kappa shape index (κ2) is 8.32. The molecule has 0 aliphatic carbocycles. The van der Waals surface area contributed by atoms with E-state index in [2.05, 4.69) is 31.9 Å². The Morgan fingerprint density at radius 3 is 2.38 bits per heavy atom. The molecule has 0 unspecified atom stereocenters. The Hall–Kier alpha value is -2.12. The first kappa shape index (κ1) is 21.6. The van der Waals surface area contributed by atoms with Crippen molar-refractivity contribution in [3.63, 3.8) is 0 Å². The number of aromatic nitrogens is 1. The first-order chi connectivity index (χ1) is 13.7. The Balaban J connectivity index is 2.41. The van der Waals surface area contributed by atoms with Crippen LogP contribution in [0.5, 0.6) is 0 Å². The van der Waals surface area contributed by atoms with Crippen molar-refractivity contribution in [2.45, 2.75) is 31.7 Å². The van der Waals surface area contributed by atoms with E-state index in [9.17, 15) is 9.59 Å². The Bertz CT molecular complexity index is 1100. The monoisotopic (exact) mass is 521 g/mol. The van der Waals surface area contributed by atoms with Crippen LogP contribution in [0.4, 0.5) is 4.79 Å². The first-order valence-electron chi connectivity index (χ1n) is 8.98. The molecule has 0 saturated carbocycles. The summed E-state index contributed by atoms with van der Waals surface area (Å²) in [7, 11) is 1.33. The number of hydrogen-bond acceptors (Lipinski definition) is 4. The third kappa shape index (κ3) is 4.12. The molecule has 0 aliphatic heterocycles. The number of alkyl halides is 1. The van der Waals surface area contributed by atoms with Crippen molar-refractivity contribution in [1.29, 1.82) is 0 Å². The molecule has 3 rings (SSSR count). The summed E-state index contributed by atoms with van der Waals surface area (Å²) in [5.41, 5.74) is 2.51. The molecule has 0 fully saturated rings. The largest absolute Gasteiger partial charge is 0.465 e. The van der Waals surface area contributed by atoms with Crippen LogP contribution in [-0.2, 0) is 14.8 Å². The maximum atomic E-state index is 13.2. The lowest BCUT2D eigenvalue weighted by Gasteiger charge is -2.21. The predicted octanol–water partition coefficient (Wildman–Crippen LogP) is 6.54. The van der Waals surface area contributed by atoms with Crippen LogP contribution in [0.3, 0.4) is 0 Å². The van der Waals surface area contributed by atoms with Crippen molar-refractivity contribution >= 4 is 54.8 Å². The average Bonchev–Trinajstić information content (AvgIpc) is 2.98. The topological polar surface area (TPSA) is 57.5 Å². The molecule has 1 aromatic heterocycles. The molecule has 29 heavy (non-hydrogen) atoms. The van der Waals surface area contributed by atoms with Gasteiger partial charge in [0, 0.05) is 16.3 Å². The fourth-order valence-corrected chi connectivity index (χ4v) is 4.50. The van der Waals surface area contributed by atoms with Crippen LogP contribution in [0, 0.1) is 0 Å². The molecule has 1 heterocycles. The van der Waals surface area contributed by atoms with Gasteiger partial charge in [-0.15, -0.1) is 0 Å². The van der Waals surface area contributed by atoms with Crippen LogP contribution in [0.2, 0.25) is 0 Å². The minimum absolute atomic E-state index is 0.365. The molecule has 0 N–H and O–H groups in total. The average molecular weight is 523 g/mol. The lowest BCUT2D eigenvalue weighted by molar-refractivity contribution is 0.0543. The number of carbonyl (C=O) groups is 2. The van der Waals surface area contributed by atoms with Crippen LogP contribution in [0.25, 0.3) is 22.2 Å². The van der Waals surface area contributed by atoms with Gasteiger partial charge in [-0.1, -0.05) is 46.3 Å². The number of esters is 1. The van der Waals surface area contributed by atoms with Crippen LogP contribution < -0.4 is 0 Å². The van der Waals surface area contributed by atoms with Gasteiger partial charge in [0.1, 0.15) is 5.60 Å². The maximum Gasteiger partial charge on any atom is 0.419 e. The predicted molar refractivity (Wildman–Crippen MR) is 121 cm³/mol. The summed E-state index contributed by atoms with van der Waals surface area (Å²) in [5.74, 6) is -0.478. The first-order valence-corrected chi connectivity index (χ1v) is 10.9. The van der Waals surface area contributed by atoms with Crippen molar-refractivity contribution in [2.75, 3.05) is 7.11 Å². The summed E-state index contributed by atoms with van der Waals surface area (Å²) in [6.45, 7) is 5.45. The van der Waals surface area contributed by atoms with Gasteiger partial charge in [0.2, 0.25) is 0 Å². The highest BCUT2D eigenvalue weighted by molar-refractivity contribution is 9.10. The fraction of sp³-hybridized carbons (Fsp3) is 0.273. The Kier molecular flexibility index (Phi) is 6.19. The number of nitrogens with zero attached hydrogens (tertiary/aromatic N) is 1. The number of rotatable bonds is 3. The third-order valence-electron chi connectivity index (χ3n) is 4.33. The SMILES string of the molecule is COC(=O)c1ccccc1-c1c(Br)c2c(CBr)cccc2n1C(=O)OC(C)(C)C. The second-order valence-electron chi connectivity index (χ2n) is 7.46. The van der Waals surface area contributed by atoms with Gasteiger partial charge in [0.15, 0.2) is 0 Å². The summed E-state index contributed by atoms with van der Waals surface area (Å²) >= 11 is 7.20. The number of fused-ring (bicyclic) bond motifs is 1. The summed E-state index contributed by atoms with van der Waals surface area (Å²) in [6, 6.07) is 12.8. The summed E-state index contributed by atoms with van der Waals surface area (Å²) < 4.78 is 12.9. The molecule has 0 radical (unpaired) electrons. The number of benzene rings is 2. The summed E-state index contributed by atoms with van der Waals surface area (Å²) in [5, 5.41) is 1.49. The summed E-state index contributed by atoms with van der Waals surface area (Å²) in [4.78, 5) is 25.6. The van der Waals surface area contributed by atoms with Gasteiger partial charge in [-0.2, -0.15) is 0 Å². The minimum atomic E-state index is -0.674. The highest BCUT2D eigenvalue weighted by atomic mass is 79.9. The quantitative estimate of drug-likeness (QED) is 0.289. The molecule has 5 nitrogen and oxygen atoms in total. The molecule has 0 spiro atoms. The molecular formula is C22H21Br2NO4. The van der Waals surface area contributed by atoms with E-state index in [-0.39, 0.29) is 0 Å². The third-order valence-corrected chi connectivity index (χ3v) is 5.70. The van der Waals surface area contributed by atoms with Crippen molar-refractivity contribution < 1.29 is 19.1 Å². The number of carbonyl (C=O) groups excluding carboxylic acids is 2. The highest BCUT2D eigenvalue weighted by Crippen LogP contribution is 2.41. The molecule has 0 atom stereocenters. The van der Waals surface area contributed by atoms with Crippen LogP contribution in [-0.4, -0.2) is 29.3 Å². The van der Waals surface area contributed by atoms with Crippen molar-refractivity contribution in [1.82, 2.24) is 4.57 Å². The zero-order valence-corrected chi connectivity index (χ0v) is 19.8. The molecular weight excluding hydrogens is 502 g/mol. The van der Waals surface area contributed by atoms with Gasteiger partial charge in [-0.3, -0.25) is 0 Å². The smallest absolute Gasteiger partial charge is 0.419 e. The van der Waals surface area contributed by atoms with E-state index in [0.29, 0.717) is 32.1 Å². The van der Waals surface area contributed by atoms with Gasteiger partial charge in [-0.25, -0.2) is 14.2 Å². The molecule has 0 saturated heterocycles. The fourth-order valence-electron chi connectivity index (χ4n) is 3.19. The molecule has 152 valence electrons. The Morgan fingerprint density at radius 2 is 1.76 bits per heavy atom.